The number of hydrogen-bond donors (Lipinski definition) is 2. The van der Waals surface area contributed by atoms with Gasteiger partial charge in [-0.2, -0.15) is 5.10 Å². The van der Waals surface area contributed by atoms with Crippen LogP contribution in [0.1, 0.15) is 52.0 Å². The number of carbonyl (C=O) groups is 1. The topological polar surface area (TPSA) is 89.7 Å². The highest BCUT2D eigenvalue weighted by Gasteiger charge is 2.23. The molecule has 29 heavy (non-hydrogen) atoms. The lowest BCUT2D eigenvalue weighted by Gasteiger charge is -2.23. The number of aryl methyl sites for hydroxylation is 1. The highest BCUT2D eigenvalue weighted by molar-refractivity contribution is 5.93. The number of nitrogens with zero attached hydrogens (tertiary/aromatic N) is 5. The molecule has 8 nitrogen and oxygen atoms in total. The van der Waals surface area contributed by atoms with Gasteiger partial charge in [-0.3, -0.25) is 4.79 Å². The quantitative estimate of drug-likeness (QED) is 0.694. The van der Waals surface area contributed by atoms with Gasteiger partial charge in [0.15, 0.2) is 5.69 Å². The minimum Gasteiger partial charge on any atom is -0.346 e. The third kappa shape index (κ3) is 3.80. The molecule has 1 fully saturated rings. The summed E-state index contributed by atoms with van der Waals surface area (Å²) >= 11 is 0. The first-order chi connectivity index (χ1) is 14.1. The van der Waals surface area contributed by atoms with E-state index in [1.54, 1.807) is 0 Å². The van der Waals surface area contributed by atoms with Crippen molar-refractivity contribution in [3.8, 4) is 5.69 Å². The lowest BCUT2D eigenvalue weighted by Crippen LogP contribution is -2.30. The molecule has 0 spiro atoms. The monoisotopic (exact) mass is 393 g/mol. The van der Waals surface area contributed by atoms with Crippen molar-refractivity contribution in [1.82, 2.24) is 35.4 Å². The number of hydrogen-bond acceptors (Lipinski definition) is 5. The van der Waals surface area contributed by atoms with Crippen LogP contribution in [0.4, 0.5) is 0 Å². The van der Waals surface area contributed by atoms with Crippen molar-refractivity contribution in [2.24, 2.45) is 0 Å². The zero-order chi connectivity index (χ0) is 20.4. The molecule has 1 amide bonds. The smallest absolute Gasteiger partial charge is 0.274 e. The SMILES string of the molecule is Cc1nn(-c2ccccc2)c(C)c1CNC(=O)c1nnn(C2CCNCC2)c1C. The standard InChI is InChI=1S/C21H27N7O/c1-14-19(15(2)27(25-14)17-7-5-4-6-8-17)13-23-21(29)20-16(3)28(26-24-20)18-9-11-22-12-10-18/h4-8,18,22H,9-13H2,1-3H3,(H,23,29). The first-order valence-electron chi connectivity index (χ1n) is 10.1. The summed E-state index contributed by atoms with van der Waals surface area (Å²) < 4.78 is 3.81. The van der Waals surface area contributed by atoms with E-state index in [-0.39, 0.29) is 5.91 Å². The van der Waals surface area contributed by atoms with Crippen LogP contribution in [0, 0.1) is 20.8 Å². The van der Waals surface area contributed by atoms with E-state index in [1.165, 1.54) is 0 Å². The van der Waals surface area contributed by atoms with Crippen molar-refractivity contribution in [3.05, 3.63) is 58.7 Å². The Morgan fingerprint density at radius 2 is 1.86 bits per heavy atom. The molecule has 1 saturated heterocycles. The van der Waals surface area contributed by atoms with Crippen molar-refractivity contribution in [2.75, 3.05) is 13.1 Å². The van der Waals surface area contributed by atoms with Crippen LogP contribution in [0.3, 0.4) is 0 Å². The summed E-state index contributed by atoms with van der Waals surface area (Å²) in [5.74, 6) is -0.200. The van der Waals surface area contributed by atoms with Crippen LogP contribution in [0.25, 0.3) is 5.69 Å². The lowest BCUT2D eigenvalue weighted by molar-refractivity contribution is 0.0945. The Morgan fingerprint density at radius 1 is 1.14 bits per heavy atom. The number of amides is 1. The van der Waals surface area contributed by atoms with Gasteiger partial charge < -0.3 is 10.6 Å². The average molecular weight is 393 g/mol. The van der Waals surface area contributed by atoms with Gasteiger partial charge in [-0.1, -0.05) is 23.4 Å². The second kappa shape index (κ2) is 8.16. The Morgan fingerprint density at radius 3 is 2.59 bits per heavy atom. The van der Waals surface area contributed by atoms with E-state index in [1.807, 2.05) is 60.5 Å². The van der Waals surface area contributed by atoms with Crippen LogP contribution < -0.4 is 10.6 Å². The Kier molecular flexibility index (Phi) is 5.44. The Bertz CT molecular complexity index is 1000. The summed E-state index contributed by atoms with van der Waals surface area (Å²) in [4.78, 5) is 12.8. The summed E-state index contributed by atoms with van der Waals surface area (Å²) in [6.07, 6.45) is 2.00. The number of carbonyl (C=O) groups excluding carboxylic acids is 1. The third-order valence-electron chi connectivity index (χ3n) is 5.66. The fourth-order valence-electron chi connectivity index (χ4n) is 3.95. The number of piperidine rings is 1. The molecule has 1 aliphatic heterocycles. The van der Waals surface area contributed by atoms with Crippen LogP contribution in [-0.4, -0.2) is 43.8 Å². The van der Waals surface area contributed by atoms with Crippen LogP contribution in [0.15, 0.2) is 30.3 Å². The van der Waals surface area contributed by atoms with E-state index in [9.17, 15) is 4.79 Å². The predicted octanol–water partition coefficient (Wildman–Crippen LogP) is 2.24. The van der Waals surface area contributed by atoms with Gasteiger partial charge in [0.1, 0.15) is 0 Å². The molecule has 0 unspecified atom stereocenters. The first-order valence-corrected chi connectivity index (χ1v) is 10.1. The molecular formula is C21H27N7O. The van der Waals surface area contributed by atoms with Crippen molar-refractivity contribution >= 4 is 5.91 Å². The van der Waals surface area contributed by atoms with Crippen molar-refractivity contribution in [3.63, 3.8) is 0 Å². The summed E-state index contributed by atoms with van der Waals surface area (Å²) in [5, 5.41) is 19.4. The normalized spacial score (nSPS) is 14.9. The summed E-state index contributed by atoms with van der Waals surface area (Å²) in [6.45, 7) is 8.24. The number of rotatable bonds is 5. The molecule has 8 heteroatoms. The zero-order valence-corrected chi connectivity index (χ0v) is 17.1. The number of para-hydroxylation sites is 1. The van der Waals surface area contributed by atoms with Gasteiger partial charge in [0, 0.05) is 17.8 Å². The van der Waals surface area contributed by atoms with Gasteiger partial charge in [0.25, 0.3) is 5.91 Å². The number of benzene rings is 1. The van der Waals surface area contributed by atoms with E-state index >= 15 is 0 Å². The molecular weight excluding hydrogens is 366 g/mol. The second-order valence-electron chi connectivity index (χ2n) is 7.53. The molecule has 0 atom stereocenters. The fraction of sp³-hybridized carbons (Fsp3) is 0.429. The van der Waals surface area contributed by atoms with E-state index < -0.39 is 0 Å². The highest BCUT2D eigenvalue weighted by Crippen LogP contribution is 2.21. The van der Waals surface area contributed by atoms with Gasteiger partial charge >= 0.3 is 0 Å². The molecule has 4 rings (SSSR count). The van der Waals surface area contributed by atoms with Crippen molar-refractivity contribution in [2.45, 2.75) is 46.2 Å². The van der Waals surface area contributed by atoms with Gasteiger partial charge in [0.05, 0.1) is 23.1 Å². The number of aromatic nitrogens is 5. The fourth-order valence-corrected chi connectivity index (χ4v) is 3.95. The van der Waals surface area contributed by atoms with E-state index in [0.717, 1.165) is 54.3 Å². The second-order valence-corrected chi connectivity index (χ2v) is 7.53. The average Bonchev–Trinajstić information content (AvgIpc) is 3.27. The maximum atomic E-state index is 12.8. The van der Waals surface area contributed by atoms with Crippen LogP contribution >= 0.6 is 0 Å². The molecule has 3 aromatic rings. The van der Waals surface area contributed by atoms with Gasteiger partial charge in [-0.05, 0) is 58.8 Å². The molecule has 0 radical (unpaired) electrons. The molecule has 1 aliphatic rings. The first kappa shape index (κ1) is 19.3. The minimum atomic E-state index is -0.200. The van der Waals surface area contributed by atoms with E-state index in [2.05, 4.69) is 26.0 Å². The van der Waals surface area contributed by atoms with Gasteiger partial charge in [-0.15, -0.1) is 5.10 Å². The van der Waals surface area contributed by atoms with Gasteiger partial charge in [0.2, 0.25) is 0 Å². The van der Waals surface area contributed by atoms with E-state index in [0.29, 0.717) is 18.3 Å². The summed E-state index contributed by atoms with van der Waals surface area (Å²) in [6, 6.07) is 10.3. The lowest BCUT2D eigenvalue weighted by atomic mass is 10.1. The largest absolute Gasteiger partial charge is 0.346 e. The Balaban J connectivity index is 1.48. The molecule has 152 valence electrons. The summed E-state index contributed by atoms with van der Waals surface area (Å²) in [5.41, 5.74) is 5.17. The maximum absolute atomic E-state index is 12.8. The molecule has 0 bridgehead atoms. The molecule has 1 aromatic carbocycles. The Labute approximate surface area is 170 Å². The highest BCUT2D eigenvalue weighted by atomic mass is 16.2. The molecule has 0 aliphatic carbocycles. The molecule has 0 saturated carbocycles. The predicted molar refractivity (Wildman–Crippen MR) is 110 cm³/mol. The molecule has 2 aromatic heterocycles. The zero-order valence-electron chi connectivity index (χ0n) is 17.1. The van der Waals surface area contributed by atoms with Crippen molar-refractivity contribution < 1.29 is 4.79 Å². The minimum absolute atomic E-state index is 0.200. The van der Waals surface area contributed by atoms with Crippen LogP contribution in [0.2, 0.25) is 0 Å². The van der Waals surface area contributed by atoms with E-state index in [4.69, 9.17) is 0 Å². The Hall–Kier alpha value is -3.00. The maximum Gasteiger partial charge on any atom is 0.274 e. The third-order valence-corrected chi connectivity index (χ3v) is 5.66. The van der Waals surface area contributed by atoms with Crippen molar-refractivity contribution in [1.29, 1.82) is 0 Å². The molecule has 2 N–H and O–H groups in total. The van der Waals surface area contributed by atoms with Crippen LogP contribution in [-0.2, 0) is 6.54 Å². The van der Waals surface area contributed by atoms with Crippen LogP contribution in [0.5, 0.6) is 0 Å². The molecule has 3 heterocycles. The number of nitrogens with one attached hydrogen (secondary N) is 2. The summed E-state index contributed by atoms with van der Waals surface area (Å²) in [7, 11) is 0. The van der Waals surface area contributed by atoms with Gasteiger partial charge in [-0.25, -0.2) is 9.36 Å².